The first-order chi connectivity index (χ1) is 20.2. The molecule has 0 bridgehead atoms. The molecule has 0 radical (unpaired) electrons. The Balaban J connectivity index is 1.49. The Morgan fingerprint density at radius 1 is 0.833 bits per heavy atom. The molecule has 0 aliphatic carbocycles. The van der Waals surface area contributed by atoms with Gasteiger partial charge in [0.15, 0.2) is 0 Å². The Bertz CT molecular complexity index is 1790. The van der Waals surface area contributed by atoms with Gasteiger partial charge in [0.2, 0.25) is 0 Å². The number of nitrogens with zero attached hydrogens (tertiary/aromatic N) is 3. The van der Waals surface area contributed by atoms with Gasteiger partial charge >= 0.3 is 0 Å². The average molecular weight is 562 g/mol. The Kier molecular flexibility index (Phi) is 8.05. The number of hydrogen-bond acceptors (Lipinski definition) is 8. The zero-order valence-corrected chi connectivity index (χ0v) is 23.4. The van der Waals surface area contributed by atoms with Gasteiger partial charge in [-0.25, -0.2) is 0 Å². The van der Waals surface area contributed by atoms with Gasteiger partial charge in [-0.3, -0.25) is 30.3 Å². The van der Waals surface area contributed by atoms with Crippen molar-refractivity contribution >= 4 is 57.0 Å². The third kappa shape index (κ3) is 6.02. The van der Waals surface area contributed by atoms with Crippen molar-refractivity contribution in [2.45, 2.75) is 6.92 Å². The SMILES string of the molecule is Cc1ccc(Nc2ccc(N(C)O)cc2N(C)O)cc1/N=C\c1c(O)c(C(=O)Nc2ccccc2)cc2ccccc12. The number of aryl methyl sites for hydroxylation is 1. The number of phenols is 1. The number of phenolic OH excluding ortho intramolecular Hbond substituents is 1. The fraction of sp³-hybridized carbons (Fsp3) is 0.0909. The highest BCUT2D eigenvalue weighted by atomic mass is 16.5. The quantitative estimate of drug-likeness (QED) is 0.0999. The van der Waals surface area contributed by atoms with E-state index in [4.69, 9.17) is 4.99 Å². The second-order valence-electron chi connectivity index (χ2n) is 9.86. The fourth-order valence-electron chi connectivity index (χ4n) is 4.60. The molecule has 0 heterocycles. The molecule has 5 rings (SSSR count). The highest BCUT2D eigenvalue weighted by Crippen LogP contribution is 2.34. The maximum absolute atomic E-state index is 13.1. The van der Waals surface area contributed by atoms with E-state index < -0.39 is 5.91 Å². The molecule has 1 amide bonds. The molecule has 9 heteroatoms. The molecule has 0 aliphatic heterocycles. The van der Waals surface area contributed by atoms with E-state index in [-0.39, 0.29) is 11.3 Å². The molecule has 5 aromatic rings. The molecule has 0 spiro atoms. The fourth-order valence-corrected chi connectivity index (χ4v) is 4.60. The highest BCUT2D eigenvalue weighted by molar-refractivity contribution is 6.13. The molecule has 0 saturated carbocycles. The van der Waals surface area contributed by atoms with E-state index in [0.29, 0.717) is 39.7 Å². The number of carbonyl (C=O) groups excluding carboxylic acids is 1. The van der Waals surface area contributed by atoms with Crippen molar-refractivity contribution in [3.8, 4) is 5.75 Å². The van der Waals surface area contributed by atoms with Crippen molar-refractivity contribution in [1.29, 1.82) is 0 Å². The summed E-state index contributed by atoms with van der Waals surface area (Å²) < 4.78 is 0. The van der Waals surface area contributed by atoms with Crippen LogP contribution < -0.4 is 20.8 Å². The predicted molar refractivity (Wildman–Crippen MR) is 169 cm³/mol. The zero-order valence-electron chi connectivity index (χ0n) is 23.4. The largest absolute Gasteiger partial charge is 0.506 e. The molecule has 0 saturated heterocycles. The first kappa shape index (κ1) is 28.2. The number of hydrogen-bond donors (Lipinski definition) is 5. The summed E-state index contributed by atoms with van der Waals surface area (Å²) in [5.74, 6) is -0.591. The molecule has 0 unspecified atom stereocenters. The highest BCUT2D eigenvalue weighted by Gasteiger charge is 2.18. The van der Waals surface area contributed by atoms with Crippen LogP contribution in [0.25, 0.3) is 10.8 Å². The molecule has 0 aliphatic rings. The standard InChI is InChI=1S/C33H31N5O4/c1-21-13-14-24(35-29-16-15-25(37(2)41)19-31(29)38(3)42)18-30(21)34-20-28-26-12-8-7-9-22(26)17-27(32(28)39)33(40)36-23-10-5-4-6-11-23/h4-20,35,39,41-42H,1-3H3,(H,36,40)/b34-20-. The second kappa shape index (κ2) is 12.0. The summed E-state index contributed by atoms with van der Waals surface area (Å²) in [6.45, 7) is 1.93. The van der Waals surface area contributed by atoms with Crippen molar-refractivity contribution in [2.24, 2.45) is 4.99 Å². The molecule has 0 atom stereocenters. The summed E-state index contributed by atoms with van der Waals surface area (Å²) in [6.07, 6.45) is 1.57. The summed E-state index contributed by atoms with van der Waals surface area (Å²) in [7, 11) is 3.00. The summed E-state index contributed by atoms with van der Waals surface area (Å²) in [4.78, 5) is 17.9. The van der Waals surface area contributed by atoms with Crippen molar-refractivity contribution in [3.05, 3.63) is 114 Å². The third-order valence-corrected chi connectivity index (χ3v) is 6.86. The second-order valence-corrected chi connectivity index (χ2v) is 9.86. The molecule has 0 aromatic heterocycles. The molecule has 212 valence electrons. The van der Waals surface area contributed by atoms with Gasteiger partial charge in [0, 0.05) is 37.2 Å². The van der Waals surface area contributed by atoms with Crippen LogP contribution in [0.4, 0.5) is 34.1 Å². The number of aromatic hydroxyl groups is 1. The average Bonchev–Trinajstić information content (AvgIpc) is 2.98. The number of fused-ring (bicyclic) bond motifs is 1. The van der Waals surface area contributed by atoms with Crippen molar-refractivity contribution in [2.75, 3.05) is 34.9 Å². The monoisotopic (exact) mass is 561 g/mol. The van der Waals surface area contributed by atoms with Crippen molar-refractivity contribution < 1.29 is 20.3 Å². The number of para-hydroxylation sites is 1. The third-order valence-electron chi connectivity index (χ3n) is 6.86. The van der Waals surface area contributed by atoms with E-state index >= 15 is 0 Å². The minimum Gasteiger partial charge on any atom is -0.506 e. The maximum atomic E-state index is 13.1. The van der Waals surface area contributed by atoms with Crippen LogP contribution in [0.5, 0.6) is 5.75 Å². The van der Waals surface area contributed by atoms with Gasteiger partial charge in [-0.15, -0.1) is 0 Å². The van der Waals surface area contributed by atoms with E-state index in [1.165, 1.54) is 14.1 Å². The van der Waals surface area contributed by atoms with E-state index in [2.05, 4.69) is 10.6 Å². The predicted octanol–water partition coefficient (Wildman–Crippen LogP) is 7.25. The Hall–Kier alpha value is -5.38. The van der Waals surface area contributed by atoms with E-state index in [1.807, 2.05) is 67.6 Å². The van der Waals surface area contributed by atoms with Crippen molar-refractivity contribution in [3.63, 3.8) is 0 Å². The lowest BCUT2D eigenvalue weighted by Gasteiger charge is -2.20. The van der Waals surface area contributed by atoms with Crippen LogP contribution in [0.3, 0.4) is 0 Å². The van der Waals surface area contributed by atoms with Crippen LogP contribution in [0.15, 0.2) is 102 Å². The van der Waals surface area contributed by atoms with E-state index in [1.54, 1.807) is 42.6 Å². The molecular weight excluding hydrogens is 530 g/mol. The number of benzene rings is 5. The number of amides is 1. The minimum absolute atomic E-state index is 0.142. The lowest BCUT2D eigenvalue weighted by atomic mass is 9.99. The first-order valence-corrected chi connectivity index (χ1v) is 13.2. The van der Waals surface area contributed by atoms with Crippen LogP contribution in [0, 0.1) is 6.92 Å². The topological polar surface area (TPSA) is 121 Å². The van der Waals surface area contributed by atoms with E-state index in [9.17, 15) is 20.3 Å². The van der Waals surface area contributed by atoms with Gasteiger partial charge in [0.05, 0.1) is 28.3 Å². The van der Waals surface area contributed by atoms with E-state index in [0.717, 1.165) is 26.5 Å². The molecule has 5 aromatic carbocycles. The number of hydroxylamine groups is 2. The van der Waals surface area contributed by atoms with Gasteiger partial charge in [0.25, 0.3) is 5.91 Å². The Labute approximate surface area is 243 Å². The number of aliphatic imine (C=N–C) groups is 1. The Morgan fingerprint density at radius 2 is 1.57 bits per heavy atom. The Morgan fingerprint density at radius 3 is 2.31 bits per heavy atom. The first-order valence-electron chi connectivity index (χ1n) is 13.2. The summed E-state index contributed by atoms with van der Waals surface area (Å²) in [5.41, 5.74) is 5.04. The number of rotatable bonds is 8. The van der Waals surface area contributed by atoms with Crippen molar-refractivity contribution in [1.82, 2.24) is 0 Å². The summed E-state index contributed by atoms with van der Waals surface area (Å²) in [6, 6.07) is 29.0. The lowest BCUT2D eigenvalue weighted by Crippen LogP contribution is -2.15. The summed E-state index contributed by atoms with van der Waals surface area (Å²) in [5, 5.41) is 40.8. The smallest absolute Gasteiger partial charge is 0.259 e. The number of nitrogens with one attached hydrogen (secondary N) is 2. The van der Waals surface area contributed by atoms with Gasteiger partial charge in [-0.05, 0) is 71.8 Å². The molecule has 0 fully saturated rings. The molecule has 9 nitrogen and oxygen atoms in total. The van der Waals surface area contributed by atoms with Crippen LogP contribution in [-0.4, -0.2) is 41.7 Å². The molecular formula is C33H31N5O4. The zero-order chi connectivity index (χ0) is 29.8. The number of anilines is 5. The summed E-state index contributed by atoms with van der Waals surface area (Å²) >= 11 is 0. The lowest BCUT2D eigenvalue weighted by molar-refractivity contribution is 0.102. The van der Waals surface area contributed by atoms with Crippen LogP contribution >= 0.6 is 0 Å². The minimum atomic E-state index is -0.426. The van der Waals surface area contributed by atoms with Crippen LogP contribution in [0.1, 0.15) is 21.5 Å². The normalized spacial score (nSPS) is 11.1. The van der Waals surface area contributed by atoms with Gasteiger partial charge < -0.3 is 15.7 Å². The van der Waals surface area contributed by atoms with Gasteiger partial charge in [-0.1, -0.05) is 48.5 Å². The van der Waals surface area contributed by atoms with Gasteiger partial charge in [0.1, 0.15) is 5.75 Å². The maximum Gasteiger partial charge on any atom is 0.259 e. The van der Waals surface area contributed by atoms with Gasteiger partial charge in [-0.2, -0.15) is 0 Å². The van der Waals surface area contributed by atoms with Crippen LogP contribution in [0.2, 0.25) is 0 Å². The van der Waals surface area contributed by atoms with Crippen LogP contribution in [-0.2, 0) is 0 Å². The molecule has 5 N–H and O–H groups in total. The number of carbonyl (C=O) groups is 1. The molecule has 42 heavy (non-hydrogen) atoms.